The van der Waals surface area contributed by atoms with Gasteiger partial charge in [-0.25, -0.2) is 0 Å². The number of hydrogen-bond acceptors (Lipinski definition) is 5. The van der Waals surface area contributed by atoms with Gasteiger partial charge in [0.1, 0.15) is 5.82 Å². The quantitative estimate of drug-likeness (QED) is 0.854. The normalized spacial score (nSPS) is 13.8. The third-order valence-corrected chi connectivity index (χ3v) is 4.05. The van der Waals surface area contributed by atoms with Crippen molar-refractivity contribution < 1.29 is 4.79 Å². The minimum Gasteiger partial charge on any atom is -0.372 e. The maximum absolute atomic E-state index is 12.2. The molecule has 1 aliphatic rings. The van der Waals surface area contributed by atoms with Gasteiger partial charge >= 0.3 is 0 Å². The fraction of sp³-hybridized carbons (Fsp3) is 0.389. The van der Waals surface area contributed by atoms with Crippen LogP contribution in [0.5, 0.6) is 0 Å². The first-order chi connectivity index (χ1) is 11.8. The first kappa shape index (κ1) is 16.2. The van der Waals surface area contributed by atoms with E-state index in [-0.39, 0.29) is 5.91 Å². The van der Waals surface area contributed by atoms with E-state index in [1.54, 1.807) is 12.1 Å². The van der Waals surface area contributed by atoms with Gasteiger partial charge in [0, 0.05) is 31.0 Å². The Morgan fingerprint density at radius 1 is 1.08 bits per heavy atom. The average molecular weight is 325 g/mol. The molecule has 0 spiro atoms. The van der Waals surface area contributed by atoms with E-state index in [2.05, 4.69) is 32.7 Å². The van der Waals surface area contributed by atoms with Crippen LogP contribution in [-0.4, -0.2) is 35.7 Å². The van der Waals surface area contributed by atoms with Crippen LogP contribution in [0.1, 0.15) is 36.7 Å². The Bertz CT molecular complexity index is 663. The Labute approximate surface area is 142 Å². The molecule has 0 unspecified atom stereocenters. The van der Waals surface area contributed by atoms with E-state index in [1.165, 1.54) is 18.5 Å². The van der Waals surface area contributed by atoms with Crippen molar-refractivity contribution in [2.24, 2.45) is 0 Å². The van der Waals surface area contributed by atoms with Gasteiger partial charge in [-0.2, -0.15) is 0 Å². The average Bonchev–Trinajstić information content (AvgIpc) is 3.15. The van der Waals surface area contributed by atoms with Crippen molar-refractivity contribution >= 4 is 23.1 Å². The van der Waals surface area contributed by atoms with Crippen molar-refractivity contribution in [3.63, 3.8) is 0 Å². The Morgan fingerprint density at radius 2 is 1.83 bits per heavy atom. The largest absolute Gasteiger partial charge is 0.372 e. The van der Waals surface area contributed by atoms with Gasteiger partial charge in [0.15, 0.2) is 5.69 Å². The standard InChI is InChI=1S/C18H23N5O/c1-2-11-19-17-10-9-16(21-22-17)18(24)20-14-5-7-15(8-6-14)23-12-3-4-13-23/h5-10H,2-4,11-13H2,1H3,(H,19,22)(H,20,24). The number of aromatic nitrogens is 2. The molecule has 126 valence electrons. The summed E-state index contributed by atoms with van der Waals surface area (Å²) in [6, 6.07) is 11.4. The number of anilines is 3. The van der Waals surface area contributed by atoms with E-state index in [9.17, 15) is 4.79 Å². The molecule has 2 N–H and O–H groups in total. The summed E-state index contributed by atoms with van der Waals surface area (Å²) < 4.78 is 0. The van der Waals surface area contributed by atoms with E-state index in [4.69, 9.17) is 0 Å². The predicted molar refractivity (Wildman–Crippen MR) is 96.7 cm³/mol. The lowest BCUT2D eigenvalue weighted by Gasteiger charge is -2.17. The number of rotatable bonds is 6. The van der Waals surface area contributed by atoms with Gasteiger partial charge in [0.05, 0.1) is 0 Å². The van der Waals surface area contributed by atoms with E-state index < -0.39 is 0 Å². The van der Waals surface area contributed by atoms with Crippen molar-refractivity contribution in [3.8, 4) is 0 Å². The van der Waals surface area contributed by atoms with Gasteiger partial charge in [-0.3, -0.25) is 4.79 Å². The minimum atomic E-state index is -0.251. The summed E-state index contributed by atoms with van der Waals surface area (Å²) in [6.45, 7) is 5.14. The Kier molecular flexibility index (Phi) is 5.25. The number of benzene rings is 1. The van der Waals surface area contributed by atoms with E-state index in [0.29, 0.717) is 11.5 Å². The number of nitrogens with zero attached hydrogens (tertiary/aromatic N) is 3. The molecule has 2 heterocycles. The van der Waals surface area contributed by atoms with Gasteiger partial charge in [0.2, 0.25) is 0 Å². The van der Waals surface area contributed by atoms with Gasteiger partial charge in [-0.05, 0) is 55.7 Å². The van der Waals surface area contributed by atoms with Crippen LogP contribution in [0.3, 0.4) is 0 Å². The summed E-state index contributed by atoms with van der Waals surface area (Å²) in [5, 5.41) is 14.0. The molecule has 1 fully saturated rings. The Hall–Kier alpha value is -2.63. The number of carbonyl (C=O) groups is 1. The number of nitrogens with one attached hydrogen (secondary N) is 2. The lowest BCUT2D eigenvalue weighted by atomic mass is 10.2. The highest BCUT2D eigenvalue weighted by molar-refractivity contribution is 6.02. The zero-order chi connectivity index (χ0) is 16.8. The van der Waals surface area contributed by atoms with Crippen LogP contribution in [-0.2, 0) is 0 Å². The molecule has 3 rings (SSSR count). The molecule has 0 bridgehead atoms. The lowest BCUT2D eigenvalue weighted by Crippen LogP contribution is -2.18. The zero-order valence-corrected chi connectivity index (χ0v) is 14.0. The third kappa shape index (κ3) is 4.01. The van der Waals surface area contributed by atoms with Crippen LogP contribution in [0, 0.1) is 0 Å². The van der Waals surface area contributed by atoms with Crippen LogP contribution >= 0.6 is 0 Å². The molecule has 1 aromatic carbocycles. The number of amides is 1. The molecule has 1 aliphatic heterocycles. The lowest BCUT2D eigenvalue weighted by molar-refractivity contribution is 0.102. The highest BCUT2D eigenvalue weighted by Gasteiger charge is 2.13. The summed E-state index contributed by atoms with van der Waals surface area (Å²) in [5.74, 6) is 0.432. The van der Waals surface area contributed by atoms with Crippen LogP contribution in [0.15, 0.2) is 36.4 Å². The number of carbonyl (C=O) groups excluding carboxylic acids is 1. The van der Waals surface area contributed by atoms with E-state index in [0.717, 1.165) is 31.7 Å². The van der Waals surface area contributed by atoms with Crippen LogP contribution in [0.2, 0.25) is 0 Å². The second-order valence-electron chi connectivity index (χ2n) is 5.93. The van der Waals surface area contributed by atoms with Crippen molar-refractivity contribution in [1.82, 2.24) is 10.2 Å². The van der Waals surface area contributed by atoms with Crippen molar-refractivity contribution in [2.75, 3.05) is 35.2 Å². The number of hydrogen-bond donors (Lipinski definition) is 2. The molecule has 0 aliphatic carbocycles. The molecule has 1 saturated heterocycles. The fourth-order valence-corrected chi connectivity index (χ4v) is 2.73. The Morgan fingerprint density at radius 3 is 2.46 bits per heavy atom. The Balaban J connectivity index is 1.59. The van der Waals surface area contributed by atoms with Gasteiger partial charge in [0.25, 0.3) is 5.91 Å². The van der Waals surface area contributed by atoms with Gasteiger partial charge in [-0.1, -0.05) is 6.92 Å². The molecule has 0 radical (unpaired) electrons. The van der Waals surface area contributed by atoms with E-state index >= 15 is 0 Å². The maximum atomic E-state index is 12.2. The molecule has 0 atom stereocenters. The van der Waals surface area contributed by atoms with Crippen LogP contribution in [0.25, 0.3) is 0 Å². The molecule has 1 amide bonds. The molecular formula is C18H23N5O. The summed E-state index contributed by atoms with van der Waals surface area (Å²) in [6.07, 6.45) is 3.51. The van der Waals surface area contributed by atoms with Crippen LogP contribution in [0.4, 0.5) is 17.2 Å². The van der Waals surface area contributed by atoms with Gasteiger partial charge < -0.3 is 15.5 Å². The third-order valence-electron chi connectivity index (χ3n) is 4.05. The smallest absolute Gasteiger partial charge is 0.276 e. The first-order valence-electron chi connectivity index (χ1n) is 8.50. The second kappa shape index (κ2) is 7.77. The fourth-order valence-electron chi connectivity index (χ4n) is 2.73. The molecule has 1 aromatic heterocycles. The summed E-state index contributed by atoms with van der Waals surface area (Å²) in [4.78, 5) is 14.6. The van der Waals surface area contributed by atoms with Crippen molar-refractivity contribution in [2.45, 2.75) is 26.2 Å². The van der Waals surface area contributed by atoms with Crippen molar-refractivity contribution in [1.29, 1.82) is 0 Å². The van der Waals surface area contributed by atoms with Crippen LogP contribution < -0.4 is 15.5 Å². The monoisotopic (exact) mass is 325 g/mol. The summed E-state index contributed by atoms with van der Waals surface area (Å²) >= 11 is 0. The highest BCUT2D eigenvalue weighted by atomic mass is 16.1. The molecule has 6 heteroatoms. The second-order valence-corrected chi connectivity index (χ2v) is 5.93. The topological polar surface area (TPSA) is 70.2 Å². The summed E-state index contributed by atoms with van der Waals surface area (Å²) in [7, 11) is 0. The SMILES string of the molecule is CCCNc1ccc(C(=O)Nc2ccc(N3CCCC3)cc2)nn1. The molecule has 24 heavy (non-hydrogen) atoms. The van der Waals surface area contributed by atoms with E-state index in [1.807, 2.05) is 24.3 Å². The minimum absolute atomic E-state index is 0.251. The molecule has 2 aromatic rings. The highest BCUT2D eigenvalue weighted by Crippen LogP contribution is 2.22. The first-order valence-corrected chi connectivity index (χ1v) is 8.50. The van der Waals surface area contributed by atoms with Crippen molar-refractivity contribution in [3.05, 3.63) is 42.1 Å². The maximum Gasteiger partial charge on any atom is 0.276 e. The molecular weight excluding hydrogens is 302 g/mol. The molecule has 6 nitrogen and oxygen atoms in total. The summed E-state index contributed by atoms with van der Waals surface area (Å²) in [5.41, 5.74) is 2.27. The van der Waals surface area contributed by atoms with Gasteiger partial charge in [-0.15, -0.1) is 10.2 Å². The zero-order valence-electron chi connectivity index (χ0n) is 14.0. The molecule has 0 saturated carbocycles. The predicted octanol–water partition coefficient (Wildman–Crippen LogP) is 3.15.